The van der Waals surface area contributed by atoms with Crippen molar-refractivity contribution in [3.8, 4) is 0 Å². The molecule has 0 bridgehead atoms. The molecular weight excluding hydrogens is 307 g/mol. The molecule has 0 radical (unpaired) electrons. The minimum Gasteiger partial charge on any atom is -0.399 e. The van der Waals surface area contributed by atoms with Gasteiger partial charge in [0.1, 0.15) is 6.54 Å². The molecule has 120 valence electrons. The summed E-state index contributed by atoms with van der Waals surface area (Å²) in [4.78, 5) is 0. The smallest absolute Gasteiger partial charge is 0.399 e. The highest BCUT2D eigenvalue weighted by atomic mass is 32.2. The van der Waals surface area contributed by atoms with Crippen LogP contribution in [0.25, 0.3) is 0 Å². The lowest BCUT2D eigenvalue weighted by Gasteiger charge is -2.26. The zero-order valence-corrected chi connectivity index (χ0v) is 12.5. The third-order valence-electron chi connectivity index (χ3n) is 2.66. The summed E-state index contributed by atoms with van der Waals surface area (Å²) in [7, 11) is -4.23. The summed E-state index contributed by atoms with van der Waals surface area (Å²) in [5.41, 5.74) is 6.69. The zero-order valence-electron chi connectivity index (χ0n) is 11.7. The molecule has 0 atom stereocenters. The van der Waals surface area contributed by atoms with Crippen LogP contribution in [0.5, 0.6) is 0 Å². The molecule has 0 unspecified atom stereocenters. The van der Waals surface area contributed by atoms with Gasteiger partial charge in [-0.3, -0.25) is 0 Å². The fourth-order valence-electron chi connectivity index (χ4n) is 1.60. The predicted octanol–water partition coefficient (Wildman–Crippen LogP) is 1.88. The van der Waals surface area contributed by atoms with Crippen LogP contribution >= 0.6 is 0 Å². The van der Waals surface area contributed by atoms with Crippen molar-refractivity contribution < 1.29 is 21.6 Å². The number of benzene rings is 1. The molecule has 3 N–H and O–H groups in total. The summed E-state index contributed by atoms with van der Waals surface area (Å²) in [6.45, 7) is 1.54. The highest BCUT2D eigenvalue weighted by Gasteiger charge is 2.32. The SMILES string of the molecule is CC(C)N(Cc1ccc(N)cc1)S(=O)(=O)NCC(F)(F)F. The lowest BCUT2D eigenvalue weighted by molar-refractivity contribution is -0.121. The van der Waals surface area contributed by atoms with Gasteiger partial charge in [-0.2, -0.15) is 30.6 Å². The number of nitrogen functional groups attached to an aromatic ring is 1. The zero-order chi connectivity index (χ0) is 16.3. The molecule has 0 aromatic heterocycles. The van der Waals surface area contributed by atoms with Crippen molar-refractivity contribution in [3.63, 3.8) is 0 Å². The lowest BCUT2D eigenvalue weighted by atomic mass is 10.2. The van der Waals surface area contributed by atoms with Crippen LogP contribution in [-0.4, -0.2) is 31.5 Å². The second-order valence-electron chi connectivity index (χ2n) is 4.82. The van der Waals surface area contributed by atoms with Gasteiger partial charge in [-0.25, -0.2) is 0 Å². The van der Waals surface area contributed by atoms with E-state index in [1.807, 2.05) is 0 Å². The van der Waals surface area contributed by atoms with Crippen LogP contribution in [-0.2, 0) is 16.8 Å². The molecule has 0 aliphatic heterocycles. The van der Waals surface area contributed by atoms with Crippen molar-refractivity contribution >= 4 is 15.9 Å². The third-order valence-corrected chi connectivity index (χ3v) is 4.34. The Morgan fingerprint density at radius 1 is 1.24 bits per heavy atom. The molecule has 21 heavy (non-hydrogen) atoms. The van der Waals surface area contributed by atoms with Crippen molar-refractivity contribution in [2.45, 2.75) is 32.6 Å². The van der Waals surface area contributed by atoms with Crippen molar-refractivity contribution in [2.24, 2.45) is 0 Å². The average molecular weight is 325 g/mol. The van der Waals surface area contributed by atoms with Crippen molar-refractivity contribution in [1.29, 1.82) is 0 Å². The number of rotatable bonds is 6. The molecule has 0 heterocycles. The Balaban J connectivity index is 2.88. The Hall–Kier alpha value is -1.32. The molecule has 0 fully saturated rings. The Labute approximate surface area is 122 Å². The predicted molar refractivity (Wildman–Crippen MR) is 74.5 cm³/mol. The molecule has 5 nitrogen and oxygen atoms in total. The maximum atomic E-state index is 12.2. The number of nitrogens with zero attached hydrogens (tertiary/aromatic N) is 1. The monoisotopic (exact) mass is 325 g/mol. The van der Waals surface area contributed by atoms with E-state index < -0.39 is 29.0 Å². The van der Waals surface area contributed by atoms with Gasteiger partial charge in [0.15, 0.2) is 0 Å². The van der Waals surface area contributed by atoms with E-state index in [0.29, 0.717) is 11.3 Å². The molecule has 0 amide bonds. The Kier molecular flexibility index (Phi) is 5.60. The number of halogens is 3. The van der Waals surface area contributed by atoms with Gasteiger partial charge in [-0.05, 0) is 31.5 Å². The Bertz CT molecular complexity index is 556. The molecule has 0 saturated carbocycles. The summed E-state index contributed by atoms with van der Waals surface area (Å²) < 4.78 is 63.0. The van der Waals surface area contributed by atoms with Gasteiger partial charge in [0.2, 0.25) is 0 Å². The Morgan fingerprint density at radius 2 is 1.76 bits per heavy atom. The first-order valence-corrected chi connectivity index (χ1v) is 7.63. The highest BCUT2D eigenvalue weighted by molar-refractivity contribution is 7.87. The standard InChI is InChI=1S/C12H18F3N3O2S/c1-9(2)18(7-10-3-5-11(16)6-4-10)21(19,20)17-8-12(13,14)15/h3-6,9,17H,7-8,16H2,1-2H3. The van der Waals surface area contributed by atoms with E-state index in [2.05, 4.69) is 0 Å². The number of hydrogen-bond donors (Lipinski definition) is 2. The second-order valence-corrected chi connectivity index (χ2v) is 6.53. The fourth-order valence-corrected chi connectivity index (χ4v) is 2.99. The summed E-state index contributed by atoms with van der Waals surface area (Å²) in [6.07, 6.45) is -4.60. The third kappa shape index (κ3) is 5.90. The van der Waals surface area contributed by atoms with Crippen molar-refractivity contribution in [2.75, 3.05) is 12.3 Å². The number of nitrogens with two attached hydrogens (primary N) is 1. The summed E-state index contributed by atoms with van der Waals surface area (Å²) in [5, 5.41) is 0. The summed E-state index contributed by atoms with van der Waals surface area (Å²) >= 11 is 0. The molecular formula is C12H18F3N3O2S. The molecule has 1 aromatic carbocycles. The van der Waals surface area contributed by atoms with Crippen LogP contribution in [0.2, 0.25) is 0 Å². The van der Waals surface area contributed by atoms with Crippen LogP contribution in [0.1, 0.15) is 19.4 Å². The molecule has 9 heteroatoms. The summed E-state index contributed by atoms with van der Waals surface area (Å²) in [5.74, 6) is 0. The van der Waals surface area contributed by atoms with E-state index in [9.17, 15) is 21.6 Å². The van der Waals surface area contributed by atoms with E-state index in [4.69, 9.17) is 5.73 Å². The van der Waals surface area contributed by atoms with Gasteiger partial charge in [0, 0.05) is 18.3 Å². The van der Waals surface area contributed by atoms with E-state index in [1.165, 1.54) is 0 Å². The van der Waals surface area contributed by atoms with Crippen molar-refractivity contribution in [3.05, 3.63) is 29.8 Å². The molecule has 0 spiro atoms. The minimum absolute atomic E-state index is 0.0366. The number of nitrogens with one attached hydrogen (secondary N) is 1. The minimum atomic E-state index is -4.60. The number of alkyl halides is 3. The lowest BCUT2D eigenvalue weighted by Crippen LogP contribution is -2.46. The molecule has 1 rings (SSSR count). The number of anilines is 1. The first-order valence-electron chi connectivity index (χ1n) is 6.19. The van der Waals surface area contributed by atoms with Gasteiger partial charge in [-0.1, -0.05) is 12.1 Å². The topological polar surface area (TPSA) is 75.4 Å². The van der Waals surface area contributed by atoms with Gasteiger partial charge >= 0.3 is 6.18 Å². The van der Waals surface area contributed by atoms with Crippen LogP contribution in [0, 0.1) is 0 Å². The van der Waals surface area contributed by atoms with Crippen LogP contribution in [0.3, 0.4) is 0 Å². The van der Waals surface area contributed by atoms with Gasteiger partial charge < -0.3 is 5.73 Å². The van der Waals surface area contributed by atoms with E-state index in [1.54, 1.807) is 42.8 Å². The fraction of sp³-hybridized carbons (Fsp3) is 0.500. The van der Waals surface area contributed by atoms with Crippen LogP contribution < -0.4 is 10.5 Å². The van der Waals surface area contributed by atoms with E-state index in [-0.39, 0.29) is 6.54 Å². The summed E-state index contributed by atoms with van der Waals surface area (Å²) in [6, 6.07) is 5.97. The van der Waals surface area contributed by atoms with Crippen molar-refractivity contribution in [1.82, 2.24) is 9.03 Å². The van der Waals surface area contributed by atoms with E-state index >= 15 is 0 Å². The molecule has 1 aromatic rings. The largest absolute Gasteiger partial charge is 0.402 e. The quantitative estimate of drug-likeness (QED) is 0.784. The maximum Gasteiger partial charge on any atom is 0.402 e. The maximum absolute atomic E-state index is 12.2. The van der Waals surface area contributed by atoms with E-state index in [0.717, 1.165) is 4.31 Å². The normalized spacial score (nSPS) is 13.1. The second kappa shape index (κ2) is 6.63. The van der Waals surface area contributed by atoms with Gasteiger partial charge in [0.05, 0.1) is 0 Å². The first kappa shape index (κ1) is 17.7. The van der Waals surface area contributed by atoms with Crippen LogP contribution in [0.4, 0.5) is 18.9 Å². The highest BCUT2D eigenvalue weighted by Crippen LogP contribution is 2.16. The number of hydrogen-bond acceptors (Lipinski definition) is 3. The van der Waals surface area contributed by atoms with Crippen LogP contribution in [0.15, 0.2) is 24.3 Å². The van der Waals surface area contributed by atoms with Gasteiger partial charge in [-0.15, -0.1) is 0 Å². The molecule has 0 saturated heterocycles. The average Bonchev–Trinajstić information content (AvgIpc) is 2.34. The Morgan fingerprint density at radius 3 is 2.19 bits per heavy atom. The molecule has 0 aliphatic carbocycles. The van der Waals surface area contributed by atoms with Gasteiger partial charge in [0.25, 0.3) is 10.2 Å². The molecule has 0 aliphatic rings. The first-order chi connectivity index (χ1) is 9.51.